The Bertz CT molecular complexity index is 339. The molecule has 0 aliphatic heterocycles. The fraction of sp³-hybridized carbons (Fsp3) is 0.538. The maximum Gasteiger partial charge on any atom is 0.0449 e. The highest BCUT2D eigenvalue weighted by Gasteiger charge is 2.11. The van der Waals surface area contributed by atoms with Gasteiger partial charge in [-0.25, -0.2) is 0 Å². The van der Waals surface area contributed by atoms with Gasteiger partial charge in [0, 0.05) is 21.2 Å². The lowest BCUT2D eigenvalue weighted by Gasteiger charge is -2.15. The zero-order valence-corrected chi connectivity index (χ0v) is 11.7. The van der Waals surface area contributed by atoms with E-state index in [0.29, 0.717) is 5.25 Å². The molecule has 0 aliphatic carbocycles. The van der Waals surface area contributed by atoms with Crippen LogP contribution in [0.1, 0.15) is 32.8 Å². The molecule has 0 saturated heterocycles. The Morgan fingerprint density at radius 1 is 1.38 bits per heavy atom. The maximum atomic E-state index is 6.25. The van der Waals surface area contributed by atoms with Crippen molar-refractivity contribution in [3.8, 4) is 0 Å². The monoisotopic (exact) mass is 257 g/mol. The van der Waals surface area contributed by atoms with E-state index in [2.05, 4.69) is 26.8 Å². The maximum absolute atomic E-state index is 6.25. The summed E-state index contributed by atoms with van der Waals surface area (Å²) in [7, 11) is 0. The Morgan fingerprint density at radius 2 is 2.06 bits per heavy atom. The van der Waals surface area contributed by atoms with Crippen LogP contribution in [0.5, 0.6) is 0 Å². The first-order valence-electron chi connectivity index (χ1n) is 5.74. The lowest BCUT2D eigenvalue weighted by molar-refractivity contribution is 0.641. The summed E-state index contributed by atoms with van der Waals surface area (Å²) in [6.45, 7) is 6.49. The quantitative estimate of drug-likeness (QED) is 0.803. The summed E-state index contributed by atoms with van der Waals surface area (Å²) in [5.74, 6) is 0. The Kier molecular flexibility index (Phi) is 5.67. The molecule has 3 heteroatoms. The molecule has 1 atom stereocenters. The minimum absolute atomic E-state index is 0.200. The summed E-state index contributed by atoms with van der Waals surface area (Å²) in [5, 5.41) is 1.41. The molecule has 2 N–H and O–H groups in total. The summed E-state index contributed by atoms with van der Waals surface area (Å²) in [6.07, 6.45) is 1.85. The highest BCUT2D eigenvalue weighted by Crippen LogP contribution is 2.32. The summed E-state index contributed by atoms with van der Waals surface area (Å²) < 4.78 is 0. The van der Waals surface area contributed by atoms with Crippen molar-refractivity contribution >= 4 is 23.4 Å². The van der Waals surface area contributed by atoms with Gasteiger partial charge in [0.05, 0.1) is 0 Å². The van der Waals surface area contributed by atoms with Crippen molar-refractivity contribution in [3.05, 3.63) is 28.8 Å². The van der Waals surface area contributed by atoms with Crippen LogP contribution in [-0.4, -0.2) is 11.3 Å². The smallest absolute Gasteiger partial charge is 0.0449 e. The van der Waals surface area contributed by atoms with E-state index in [0.717, 1.165) is 17.9 Å². The second-order valence-electron chi connectivity index (χ2n) is 4.26. The topological polar surface area (TPSA) is 26.0 Å². The third-order valence-corrected chi connectivity index (χ3v) is 3.89. The van der Waals surface area contributed by atoms with Crippen molar-refractivity contribution < 1.29 is 0 Å². The molecule has 0 fully saturated rings. The van der Waals surface area contributed by atoms with E-state index in [9.17, 15) is 0 Å². The van der Waals surface area contributed by atoms with Gasteiger partial charge in [0.1, 0.15) is 0 Å². The van der Waals surface area contributed by atoms with Gasteiger partial charge in [-0.3, -0.25) is 0 Å². The molecule has 1 aromatic rings. The van der Waals surface area contributed by atoms with Gasteiger partial charge >= 0.3 is 0 Å². The standard InChI is InChI=1S/C13H20ClNS/c1-4-10(15)8-11-12(14)6-5-7-13(11)16-9(2)3/h5-7,9-10H,4,8,15H2,1-3H3. The first-order chi connectivity index (χ1) is 7.54. The molecular weight excluding hydrogens is 238 g/mol. The number of rotatable bonds is 5. The summed E-state index contributed by atoms with van der Waals surface area (Å²) in [5.41, 5.74) is 7.21. The average Bonchev–Trinajstić information content (AvgIpc) is 2.22. The molecule has 1 unspecified atom stereocenters. The molecule has 0 heterocycles. The van der Waals surface area contributed by atoms with Crippen LogP contribution in [0, 0.1) is 0 Å². The SMILES string of the molecule is CCC(N)Cc1c(Cl)cccc1SC(C)C. The lowest BCUT2D eigenvalue weighted by atomic mass is 10.0. The molecule has 0 aromatic heterocycles. The van der Waals surface area contributed by atoms with Crippen molar-refractivity contribution in [2.24, 2.45) is 5.73 Å². The Hall–Kier alpha value is -0.180. The molecule has 1 aromatic carbocycles. The molecular formula is C13H20ClNS. The van der Waals surface area contributed by atoms with Crippen LogP contribution in [0.15, 0.2) is 23.1 Å². The lowest BCUT2D eigenvalue weighted by Crippen LogP contribution is -2.22. The van der Waals surface area contributed by atoms with Gasteiger partial charge in [-0.2, -0.15) is 0 Å². The third-order valence-electron chi connectivity index (χ3n) is 2.43. The van der Waals surface area contributed by atoms with Gasteiger partial charge in [0.2, 0.25) is 0 Å². The van der Waals surface area contributed by atoms with Crippen LogP contribution in [0.4, 0.5) is 0 Å². The second kappa shape index (κ2) is 6.53. The first kappa shape index (κ1) is 13.9. The fourth-order valence-corrected chi connectivity index (χ4v) is 2.82. The number of thioether (sulfide) groups is 1. The minimum Gasteiger partial charge on any atom is -0.327 e. The second-order valence-corrected chi connectivity index (χ2v) is 6.28. The van der Waals surface area contributed by atoms with E-state index < -0.39 is 0 Å². The van der Waals surface area contributed by atoms with Gasteiger partial charge in [0.25, 0.3) is 0 Å². The summed E-state index contributed by atoms with van der Waals surface area (Å²) in [6, 6.07) is 6.29. The van der Waals surface area contributed by atoms with Gasteiger partial charge in [-0.15, -0.1) is 11.8 Å². The number of nitrogens with two attached hydrogens (primary N) is 1. The predicted octanol–water partition coefficient (Wildman–Crippen LogP) is 4.12. The first-order valence-corrected chi connectivity index (χ1v) is 7.00. The number of benzene rings is 1. The Morgan fingerprint density at radius 3 is 2.62 bits per heavy atom. The molecule has 0 bridgehead atoms. The van der Waals surface area contributed by atoms with E-state index in [1.807, 2.05) is 23.9 Å². The van der Waals surface area contributed by atoms with Crippen molar-refractivity contribution in [1.82, 2.24) is 0 Å². The molecule has 16 heavy (non-hydrogen) atoms. The summed E-state index contributed by atoms with van der Waals surface area (Å²) in [4.78, 5) is 1.27. The van der Waals surface area contributed by atoms with E-state index in [-0.39, 0.29) is 6.04 Å². The zero-order valence-electron chi connectivity index (χ0n) is 10.2. The molecule has 0 aliphatic rings. The van der Waals surface area contributed by atoms with Crippen molar-refractivity contribution in [3.63, 3.8) is 0 Å². The van der Waals surface area contributed by atoms with E-state index in [1.165, 1.54) is 10.5 Å². The minimum atomic E-state index is 0.200. The fourth-order valence-electron chi connectivity index (χ4n) is 1.51. The normalized spacial score (nSPS) is 13.1. The molecule has 1 rings (SSSR count). The Labute approximate surface area is 108 Å². The van der Waals surface area contributed by atoms with Crippen LogP contribution >= 0.6 is 23.4 Å². The van der Waals surface area contributed by atoms with E-state index >= 15 is 0 Å². The van der Waals surface area contributed by atoms with Crippen LogP contribution in [0.25, 0.3) is 0 Å². The highest BCUT2D eigenvalue weighted by molar-refractivity contribution is 8.00. The molecule has 0 spiro atoms. The molecule has 0 radical (unpaired) electrons. The van der Waals surface area contributed by atoms with Gasteiger partial charge < -0.3 is 5.73 Å². The number of halogens is 1. The molecule has 0 amide bonds. The molecule has 0 saturated carbocycles. The zero-order chi connectivity index (χ0) is 12.1. The van der Waals surface area contributed by atoms with E-state index in [1.54, 1.807) is 0 Å². The van der Waals surface area contributed by atoms with Crippen LogP contribution in [0.3, 0.4) is 0 Å². The largest absolute Gasteiger partial charge is 0.327 e. The third kappa shape index (κ3) is 4.00. The van der Waals surface area contributed by atoms with Gasteiger partial charge in [-0.1, -0.05) is 38.4 Å². The van der Waals surface area contributed by atoms with E-state index in [4.69, 9.17) is 17.3 Å². The van der Waals surface area contributed by atoms with Crippen molar-refractivity contribution in [1.29, 1.82) is 0 Å². The summed E-state index contributed by atoms with van der Waals surface area (Å²) >= 11 is 8.10. The molecule has 1 nitrogen and oxygen atoms in total. The van der Waals surface area contributed by atoms with Gasteiger partial charge in [-0.05, 0) is 30.5 Å². The van der Waals surface area contributed by atoms with Gasteiger partial charge in [0.15, 0.2) is 0 Å². The molecule has 90 valence electrons. The van der Waals surface area contributed by atoms with Crippen LogP contribution in [0.2, 0.25) is 5.02 Å². The average molecular weight is 258 g/mol. The number of hydrogen-bond donors (Lipinski definition) is 1. The highest BCUT2D eigenvalue weighted by atomic mass is 35.5. The van der Waals surface area contributed by atoms with Crippen molar-refractivity contribution in [2.45, 2.75) is 49.8 Å². The van der Waals surface area contributed by atoms with Crippen molar-refractivity contribution in [2.75, 3.05) is 0 Å². The Balaban J connectivity index is 2.94. The van der Waals surface area contributed by atoms with Crippen LogP contribution < -0.4 is 5.73 Å². The van der Waals surface area contributed by atoms with Crippen LogP contribution in [-0.2, 0) is 6.42 Å². The number of hydrogen-bond acceptors (Lipinski definition) is 2. The predicted molar refractivity (Wildman–Crippen MR) is 74.4 cm³/mol.